The molecule has 0 radical (unpaired) electrons. The van der Waals surface area contributed by atoms with E-state index in [0.29, 0.717) is 18.5 Å². The minimum atomic E-state index is -0.0941. The first kappa shape index (κ1) is 13.9. The van der Waals surface area contributed by atoms with Gasteiger partial charge in [0.15, 0.2) is 0 Å². The summed E-state index contributed by atoms with van der Waals surface area (Å²) in [7, 11) is 1.82. The molecule has 2 atom stereocenters. The van der Waals surface area contributed by atoms with Gasteiger partial charge in [-0.2, -0.15) is 15.3 Å². The predicted molar refractivity (Wildman–Crippen MR) is 80.6 cm³/mol. The summed E-state index contributed by atoms with van der Waals surface area (Å²) in [6.07, 6.45) is 7.61. The lowest BCUT2D eigenvalue weighted by Gasteiger charge is -2.24. The third kappa shape index (κ3) is 2.18. The van der Waals surface area contributed by atoms with E-state index in [-0.39, 0.29) is 23.9 Å². The van der Waals surface area contributed by atoms with Gasteiger partial charge in [-0.15, -0.1) is 0 Å². The van der Waals surface area contributed by atoms with Crippen molar-refractivity contribution in [3.63, 3.8) is 0 Å². The van der Waals surface area contributed by atoms with Gasteiger partial charge in [-0.25, -0.2) is 0 Å². The maximum Gasteiger partial charge on any atom is 0.255 e. The Morgan fingerprint density at radius 1 is 1.26 bits per heavy atom. The third-order valence-electron chi connectivity index (χ3n) is 4.56. The van der Waals surface area contributed by atoms with Crippen LogP contribution in [-0.4, -0.2) is 55.3 Å². The first-order valence-electron chi connectivity index (χ1n) is 7.53. The number of hydrogen-bond acceptors (Lipinski definition) is 5. The van der Waals surface area contributed by atoms with Gasteiger partial charge >= 0.3 is 0 Å². The smallest absolute Gasteiger partial charge is 0.255 e. The highest BCUT2D eigenvalue weighted by molar-refractivity contribution is 6.00. The molecule has 2 saturated heterocycles. The van der Waals surface area contributed by atoms with Gasteiger partial charge in [0.1, 0.15) is 0 Å². The molecule has 0 bridgehead atoms. The summed E-state index contributed by atoms with van der Waals surface area (Å²) in [5, 5.41) is 11.6. The van der Waals surface area contributed by atoms with E-state index < -0.39 is 0 Å². The second kappa shape index (κ2) is 5.15. The van der Waals surface area contributed by atoms with Crippen molar-refractivity contribution < 1.29 is 9.59 Å². The Balaban J connectivity index is 1.60. The van der Waals surface area contributed by atoms with E-state index in [1.54, 1.807) is 26.7 Å². The largest absolute Gasteiger partial charge is 0.333 e. The molecule has 2 aliphatic rings. The van der Waals surface area contributed by atoms with Crippen molar-refractivity contribution >= 4 is 17.5 Å². The maximum atomic E-state index is 12.7. The predicted octanol–water partition coefficient (Wildman–Crippen LogP) is 0.230. The fourth-order valence-corrected chi connectivity index (χ4v) is 3.55. The van der Waals surface area contributed by atoms with Crippen molar-refractivity contribution in [2.24, 2.45) is 7.05 Å². The third-order valence-corrected chi connectivity index (χ3v) is 4.56. The van der Waals surface area contributed by atoms with Gasteiger partial charge in [0.25, 0.3) is 5.91 Å². The highest BCUT2D eigenvalue weighted by Gasteiger charge is 2.49. The van der Waals surface area contributed by atoms with Crippen molar-refractivity contribution in [3.8, 4) is 0 Å². The Morgan fingerprint density at radius 2 is 2.13 bits per heavy atom. The van der Waals surface area contributed by atoms with E-state index in [2.05, 4.69) is 15.3 Å². The van der Waals surface area contributed by atoms with E-state index in [0.717, 1.165) is 12.1 Å². The lowest BCUT2D eigenvalue weighted by molar-refractivity contribution is -0.117. The minimum absolute atomic E-state index is 0.0189. The second-order valence-corrected chi connectivity index (χ2v) is 5.89. The Morgan fingerprint density at radius 3 is 2.83 bits per heavy atom. The van der Waals surface area contributed by atoms with E-state index in [4.69, 9.17) is 0 Å². The SMILES string of the molecule is Cn1cc(N2C(=O)CC3C2CCN3C(=O)c2ccnnc2)cn1. The van der Waals surface area contributed by atoms with Crippen LogP contribution in [0.15, 0.2) is 30.9 Å². The molecule has 0 N–H and O–H groups in total. The van der Waals surface area contributed by atoms with E-state index in [1.165, 1.54) is 12.4 Å². The first-order valence-corrected chi connectivity index (χ1v) is 7.53. The van der Waals surface area contributed by atoms with Crippen LogP contribution in [0.1, 0.15) is 23.2 Å². The molecule has 23 heavy (non-hydrogen) atoms. The normalized spacial score (nSPS) is 23.4. The van der Waals surface area contributed by atoms with Gasteiger partial charge in [-0.05, 0) is 12.5 Å². The number of aryl methyl sites for hydroxylation is 1. The molecule has 0 spiro atoms. The summed E-state index contributed by atoms with van der Waals surface area (Å²) in [5.41, 5.74) is 1.30. The van der Waals surface area contributed by atoms with E-state index in [1.807, 2.05) is 13.2 Å². The number of rotatable bonds is 2. The number of fused-ring (bicyclic) bond motifs is 1. The van der Waals surface area contributed by atoms with Crippen LogP contribution < -0.4 is 4.90 Å². The lowest BCUT2D eigenvalue weighted by Crippen LogP contribution is -2.40. The van der Waals surface area contributed by atoms with Gasteiger partial charge in [-0.3, -0.25) is 14.3 Å². The first-order chi connectivity index (χ1) is 11.1. The van der Waals surface area contributed by atoms with E-state index >= 15 is 0 Å². The van der Waals surface area contributed by atoms with Crippen LogP contribution in [0, 0.1) is 0 Å². The quantitative estimate of drug-likeness (QED) is 0.792. The molecule has 0 saturated carbocycles. The zero-order valence-electron chi connectivity index (χ0n) is 12.7. The van der Waals surface area contributed by atoms with Crippen LogP contribution in [0.4, 0.5) is 5.69 Å². The molecule has 2 aromatic heterocycles. The van der Waals surface area contributed by atoms with Crippen molar-refractivity contribution in [2.75, 3.05) is 11.4 Å². The molecule has 2 aromatic rings. The maximum absolute atomic E-state index is 12.7. The van der Waals surface area contributed by atoms with Crippen LogP contribution in [0.3, 0.4) is 0 Å². The molecule has 118 valence electrons. The molecule has 4 rings (SSSR count). The van der Waals surface area contributed by atoms with Crippen molar-refractivity contribution in [2.45, 2.75) is 24.9 Å². The van der Waals surface area contributed by atoms with Gasteiger partial charge in [0, 0.05) is 26.2 Å². The molecule has 8 heteroatoms. The fraction of sp³-hybridized carbons (Fsp3) is 0.400. The lowest BCUT2D eigenvalue weighted by atomic mass is 10.1. The summed E-state index contributed by atoms with van der Waals surface area (Å²) >= 11 is 0. The molecule has 0 aromatic carbocycles. The average Bonchev–Trinajstić information content (AvgIpc) is 3.22. The average molecular weight is 312 g/mol. The number of aromatic nitrogens is 4. The van der Waals surface area contributed by atoms with Gasteiger partial charge in [0.05, 0.1) is 41.9 Å². The number of anilines is 1. The Kier molecular flexibility index (Phi) is 3.10. The molecule has 2 amide bonds. The van der Waals surface area contributed by atoms with Crippen molar-refractivity contribution in [3.05, 3.63) is 36.4 Å². The number of nitrogens with zero attached hydrogens (tertiary/aromatic N) is 6. The van der Waals surface area contributed by atoms with Crippen molar-refractivity contribution in [1.82, 2.24) is 24.9 Å². The molecule has 2 aliphatic heterocycles. The number of carbonyl (C=O) groups excluding carboxylic acids is 2. The minimum Gasteiger partial charge on any atom is -0.333 e. The summed E-state index contributed by atoms with van der Waals surface area (Å²) in [6, 6.07) is 1.58. The fourth-order valence-electron chi connectivity index (χ4n) is 3.55. The van der Waals surface area contributed by atoms with Crippen LogP contribution in [-0.2, 0) is 11.8 Å². The van der Waals surface area contributed by atoms with Crippen molar-refractivity contribution in [1.29, 1.82) is 0 Å². The molecular formula is C15H16N6O2. The summed E-state index contributed by atoms with van der Waals surface area (Å²) < 4.78 is 1.68. The highest BCUT2D eigenvalue weighted by Crippen LogP contribution is 2.36. The van der Waals surface area contributed by atoms with Gasteiger partial charge in [-0.1, -0.05) is 0 Å². The number of amides is 2. The molecule has 4 heterocycles. The highest BCUT2D eigenvalue weighted by atomic mass is 16.2. The van der Waals surface area contributed by atoms with Crippen LogP contribution in [0.5, 0.6) is 0 Å². The molecule has 0 aliphatic carbocycles. The van der Waals surface area contributed by atoms with E-state index in [9.17, 15) is 9.59 Å². The Bertz CT molecular complexity index is 758. The molecular weight excluding hydrogens is 296 g/mol. The second-order valence-electron chi connectivity index (χ2n) is 5.89. The summed E-state index contributed by atoms with van der Waals surface area (Å²) in [4.78, 5) is 28.7. The Hall–Kier alpha value is -2.77. The summed E-state index contributed by atoms with van der Waals surface area (Å²) in [5.74, 6) is -0.0495. The van der Waals surface area contributed by atoms with Crippen LogP contribution >= 0.6 is 0 Å². The van der Waals surface area contributed by atoms with Crippen LogP contribution in [0.25, 0.3) is 0 Å². The topological polar surface area (TPSA) is 84.2 Å². The zero-order valence-corrected chi connectivity index (χ0v) is 12.7. The molecule has 2 fully saturated rings. The number of carbonyl (C=O) groups is 2. The van der Waals surface area contributed by atoms with Crippen LogP contribution in [0.2, 0.25) is 0 Å². The molecule has 2 unspecified atom stereocenters. The van der Waals surface area contributed by atoms with Gasteiger partial charge < -0.3 is 9.80 Å². The van der Waals surface area contributed by atoms with Gasteiger partial charge in [0.2, 0.25) is 5.91 Å². The monoisotopic (exact) mass is 312 g/mol. The zero-order chi connectivity index (χ0) is 16.0. The number of hydrogen-bond donors (Lipinski definition) is 0. The Labute approximate surface area is 132 Å². The summed E-state index contributed by atoms with van der Waals surface area (Å²) in [6.45, 7) is 0.639. The number of likely N-dealkylation sites (tertiary alicyclic amines) is 1. The molecule has 8 nitrogen and oxygen atoms in total. The standard InChI is InChI=1S/C15H16N6O2/c1-19-9-11(8-18-19)21-12-3-5-20(13(12)6-14(21)22)15(23)10-2-4-16-17-7-10/h2,4,7-9,12-13H,3,5-6H2,1H3.